The van der Waals surface area contributed by atoms with Crippen LogP contribution in [0.4, 0.5) is 5.69 Å². The smallest absolute Gasteiger partial charge is 0.229 e. The van der Waals surface area contributed by atoms with Crippen molar-refractivity contribution < 1.29 is 9.32 Å². The van der Waals surface area contributed by atoms with Crippen molar-refractivity contribution in [2.24, 2.45) is 0 Å². The number of hydrogen-bond acceptors (Lipinski definition) is 5. The van der Waals surface area contributed by atoms with Gasteiger partial charge >= 0.3 is 0 Å². The number of para-hydroxylation sites is 1. The minimum Gasteiger partial charge on any atom is -0.399 e. The van der Waals surface area contributed by atoms with Gasteiger partial charge in [-0.05, 0) is 37.8 Å². The van der Waals surface area contributed by atoms with Crippen molar-refractivity contribution in [1.82, 2.24) is 15.0 Å². The number of carbonyl (C=O) groups is 1. The average molecular weight is 351 g/mol. The number of amides is 1. The molecule has 0 atom stereocenters. The molecular weight excluding hydrogens is 328 g/mol. The molecule has 1 aromatic heterocycles. The van der Waals surface area contributed by atoms with E-state index in [0.29, 0.717) is 24.6 Å². The van der Waals surface area contributed by atoms with Crippen molar-refractivity contribution >= 4 is 24.0 Å². The van der Waals surface area contributed by atoms with Gasteiger partial charge in [-0.2, -0.15) is 4.98 Å². The first kappa shape index (κ1) is 18.3. The van der Waals surface area contributed by atoms with E-state index in [1.807, 2.05) is 36.1 Å². The van der Waals surface area contributed by atoms with Crippen LogP contribution in [0.15, 0.2) is 28.8 Å². The van der Waals surface area contributed by atoms with E-state index in [1.165, 1.54) is 0 Å². The third-order valence-corrected chi connectivity index (χ3v) is 4.40. The van der Waals surface area contributed by atoms with Gasteiger partial charge in [0.1, 0.15) is 0 Å². The van der Waals surface area contributed by atoms with Crippen LogP contribution < -0.4 is 5.73 Å². The molecule has 2 aromatic rings. The van der Waals surface area contributed by atoms with E-state index in [9.17, 15) is 4.79 Å². The second-order valence-electron chi connectivity index (χ2n) is 6.03. The van der Waals surface area contributed by atoms with E-state index in [-0.39, 0.29) is 24.2 Å². The van der Waals surface area contributed by atoms with Crippen LogP contribution in [0.1, 0.15) is 42.5 Å². The number of piperidine rings is 1. The first-order valence-corrected chi connectivity index (χ1v) is 8.05. The van der Waals surface area contributed by atoms with E-state index < -0.39 is 0 Å². The molecule has 6 nitrogen and oxygen atoms in total. The van der Waals surface area contributed by atoms with Crippen molar-refractivity contribution in [3.63, 3.8) is 0 Å². The highest BCUT2D eigenvalue weighted by molar-refractivity contribution is 5.85. The first-order chi connectivity index (χ1) is 11.1. The van der Waals surface area contributed by atoms with Crippen molar-refractivity contribution in [1.29, 1.82) is 0 Å². The van der Waals surface area contributed by atoms with Gasteiger partial charge in [-0.15, -0.1) is 12.4 Å². The summed E-state index contributed by atoms with van der Waals surface area (Å²) in [6.07, 6.45) is 2.94. The molecule has 3 rings (SSSR count). The number of nitrogens with two attached hydrogens (primary N) is 1. The Morgan fingerprint density at radius 3 is 2.67 bits per heavy atom. The molecule has 0 unspecified atom stereocenters. The number of hydrogen-bond donors (Lipinski definition) is 1. The summed E-state index contributed by atoms with van der Waals surface area (Å²) < 4.78 is 5.24. The van der Waals surface area contributed by atoms with Crippen molar-refractivity contribution in [2.75, 3.05) is 18.8 Å². The van der Waals surface area contributed by atoms with Crippen molar-refractivity contribution in [3.05, 3.63) is 41.5 Å². The van der Waals surface area contributed by atoms with Crippen LogP contribution >= 0.6 is 12.4 Å². The molecule has 0 aliphatic carbocycles. The maximum atomic E-state index is 12.4. The van der Waals surface area contributed by atoms with Gasteiger partial charge in [0.05, 0.1) is 0 Å². The molecule has 2 heterocycles. The third kappa shape index (κ3) is 4.26. The van der Waals surface area contributed by atoms with Crippen LogP contribution in [0.5, 0.6) is 0 Å². The summed E-state index contributed by atoms with van der Waals surface area (Å²) >= 11 is 0. The minimum atomic E-state index is 0. The zero-order valence-corrected chi connectivity index (χ0v) is 14.6. The largest absolute Gasteiger partial charge is 0.399 e. The quantitative estimate of drug-likeness (QED) is 0.857. The average Bonchev–Trinajstić information content (AvgIpc) is 3.00. The molecule has 0 bridgehead atoms. The standard InChI is InChI=1S/C17H22N4O2.ClH/c1-12-19-17(23-20-12)14-8-10-21(11-9-14)16(22)7-6-13-4-2-3-5-15(13)18;/h2-5,14H,6-11,18H2,1H3;1H. The van der Waals surface area contributed by atoms with E-state index >= 15 is 0 Å². The molecule has 130 valence electrons. The lowest BCUT2D eigenvalue weighted by atomic mass is 9.96. The molecule has 1 saturated heterocycles. The number of carbonyl (C=O) groups excluding carboxylic acids is 1. The number of aromatic nitrogens is 2. The molecule has 1 aromatic carbocycles. The fourth-order valence-corrected chi connectivity index (χ4v) is 3.02. The topological polar surface area (TPSA) is 85.2 Å². The summed E-state index contributed by atoms with van der Waals surface area (Å²) in [7, 11) is 0. The molecule has 1 aliphatic heterocycles. The van der Waals surface area contributed by atoms with Gasteiger partial charge in [-0.1, -0.05) is 23.4 Å². The zero-order valence-electron chi connectivity index (χ0n) is 13.8. The van der Waals surface area contributed by atoms with Gasteiger partial charge in [0.2, 0.25) is 11.8 Å². The Morgan fingerprint density at radius 1 is 1.33 bits per heavy atom. The first-order valence-electron chi connectivity index (χ1n) is 8.05. The Kier molecular flexibility index (Phi) is 6.20. The van der Waals surface area contributed by atoms with Gasteiger partial charge in [0.25, 0.3) is 0 Å². The van der Waals surface area contributed by atoms with E-state index in [4.69, 9.17) is 10.3 Å². The molecule has 1 amide bonds. The van der Waals surface area contributed by atoms with Gasteiger partial charge < -0.3 is 15.2 Å². The summed E-state index contributed by atoms with van der Waals surface area (Å²) in [6, 6.07) is 7.71. The molecule has 1 fully saturated rings. The Labute approximate surface area is 147 Å². The maximum absolute atomic E-state index is 12.4. The zero-order chi connectivity index (χ0) is 16.2. The predicted octanol–water partition coefficient (Wildman–Crippen LogP) is 2.72. The van der Waals surface area contributed by atoms with Gasteiger partial charge in [0, 0.05) is 31.1 Å². The van der Waals surface area contributed by atoms with Crippen LogP contribution in [0.25, 0.3) is 0 Å². The highest BCUT2D eigenvalue weighted by Gasteiger charge is 2.26. The van der Waals surface area contributed by atoms with E-state index in [0.717, 1.165) is 37.2 Å². The number of benzene rings is 1. The SMILES string of the molecule is Cc1noc(C2CCN(C(=O)CCc3ccccc3N)CC2)n1.Cl. The third-order valence-electron chi connectivity index (χ3n) is 4.40. The molecule has 0 spiro atoms. The number of halogens is 1. The summed E-state index contributed by atoms with van der Waals surface area (Å²) in [6.45, 7) is 3.31. The summed E-state index contributed by atoms with van der Waals surface area (Å²) in [5, 5.41) is 3.84. The van der Waals surface area contributed by atoms with Crippen LogP contribution in [0, 0.1) is 6.92 Å². The van der Waals surface area contributed by atoms with Crippen LogP contribution in [-0.2, 0) is 11.2 Å². The number of rotatable bonds is 4. The Hall–Kier alpha value is -2.08. The lowest BCUT2D eigenvalue weighted by Gasteiger charge is -2.30. The summed E-state index contributed by atoms with van der Waals surface area (Å²) in [5.74, 6) is 1.82. The molecular formula is C17H23ClN4O2. The second kappa shape index (κ2) is 8.15. The predicted molar refractivity (Wildman–Crippen MR) is 94.0 cm³/mol. The normalized spacial score (nSPS) is 15.1. The van der Waals surface area contributed by atoms with Gasteiger partial charge in [-0.25, -0.2) is 0 Å². The molecule has 0 saturated carbocycles. The second-order valence-corrected chi connectivity index (χ2v) is 6.03. The Bertz CT molecular complexity index is 681. The molecule has 7 heteroatoms. The van der Waals surface area contributed by atoms with Gasteiger partial charge in [0.15, 0.2) is 5.82 Å². The number of anilines is 1. The number of aryl methyl sites for hydroxylation is 2. The van der Waals surface area contributed by atoms with Crippen LogP contribution in [0.3, 0.4) is 0 Å². The van der Waals surface area contributed by atoms with Crippen LogP contribution in [-0.4, -0.2) is 34.0 Å². The van der Waals surface area contributed by atoms with Crippen molar-refractivity contribution in [3.8, 4) is 0 Å². The van der Waals surface area contributed by atoms with Crippen molar-refractivity contribution in [2.45, 2.75) is 38.5 Å². The van der Waals surface area contributed by atoms with E-state index in [1.54, 1.807) is 0 Å². The number of likely N-dealkylation sites (tertiary alicyclic amines) is 1. The van der Waals surface area contributed by atoms with E-state index in [2.05, 4.69) is 10.1 Å². The Balaban J connectivity index is 0.00000208. The monoisotopic (exact) mass is 350 g/mol. The summed E-state index contributed by atoms with van der Waals surface area (Å²) in [4.78, 5) is 18.6. The lowest BCUT2D eigenvalue weighted by Crippen LogP contribution is -2.38. The molecule has 2 N–H and O–H groups in total. The lowest BCUT2D eigenvalue weighted by molar-refractivity contribution is -0.132. The highest BCUT2D eigenvalue weighted by Crippen LogP contribution is 2.27. The molecule has 24 heavy (non-hydrogen) atoms. The fourth-order valence-electron chi connectivity index (χ4n) is 3.02. The number of nitrogen functional groups attached to an aromatic ring is 1. The summed E-state index contributed by atoms with van der Waals surface area (Å²) in [5.41, 5.74) is 7.72. The molecule has 0 radical (unpaired) electrons. The van der Waals surface area contributed by atoms with Crippen LogP contribution in [0.2, 0.25) is 0 Å². The maximum Gasteiger partial charge on any atom is 0.229 e. The minimum absolute atomic E-state index is 0. The fraction of sp³-hybridized carbons (Fsp3) is 0.471. The molecule has 1 aliphatic rings. The number of nitrogens with zero attached hydrogens (tertiary/aromatic N) is 3. The van der Waals surface area contributed by atoms with Gasteiger partial charge in [-0.3, -0.25) is 4.79 Å². The Morgan fingerprint density at radius 2 is 2.04 bits per heavy atom. The highest BCUT2D eigenvalue weighted by atomic mass is 35.5.